The fourth-order valence-electron chi connectivity index (χ4n) is 2.87. The summed E-state index contributed by atoms with van der Waals surface area (Å²) in [5, 5.41) is 12.9. The Morgan fingerprint density at radius 3 is 2.71 bits per heavy atom. The molecule has 0 aromatic rings. The van der Waals surface area contributed by atoms with Crippen LogP contribution in [0.2, 0.25) is 0 Å². The lowest BCUT2D eigenvalue weighted by Crippen LogP contribution is -2.68. The summed E-state index contributed by atoms with van der Waals surface area (Å²) in [6.07, 6.45) is 4.18. The van der Waals surface area contributed by atoms with Crippen molar-refractivity contribution in [2.75, 3.05) is 6.61 Å². The Morgan fingerprint density at radius 1 is 1.53 bits per heavy atom. The highest BCUT2D eigenvalue weighted by Gasteiger charge is 2.52. The molecule has 0 spiro atoms. The maximum atomic E-state index is 11.5. The normalized spacial score (nSPS) is 39.8. The average Bonchev–Trinajstić information content (AvgIpc) is 2.29. The highest BCUT2D eigenvalue weighted by Crippen LogP contribution is 2.45. The van der Waals surface area contributed by atoms with Gasteiger partial charge >= 0.3 is 6.09 Å². The predicted molar refractivity (Wildman–Crippen MR) is 63.4 cm³/mol. The van der Waals surface area contributed by atoms with Crippen LogP contribution < -0.4 is 11.1 Å². The second-order valence-corrected chi connectivity index (χ2v) is 5.25. The number of carbonyl (C=O) groups excluding carboxylic acids is 1. The molecule has 2 bridgehead atoms. The van der Waals surface area contributed by atoms with E-state index in [2.05, 4.69) is 11.9 Å². The van der Waals surface area contributed by atoms with Crippen molar-refractivity contribution in [3.05, 3.63) is 12.7 Å². The molecule has 17 heavy (non-hydrogen) atoms. The van der Waals surface area contributed by atoms with Gasteiger partial charge in [-0.15, -0.1) is 0 Å². The van der Waals surface area contributed by atoms with Crippen LogP contribution in [0.25, 0.3) is 0 Å². The number of fused-ring (bicyclic) bond motifs is 3. The van der Waals surface area contributed by atoms with Crippen molar-refractivity contribution >= 4 is 6.09 Å². The first kappa shape index (κ1) is 12.4. The number of carbonyl (C=O) groups is 1. The molecule has 3 aliphatic carbocycles. The number of hydrogen-bond donors (Lipinski definition) is 3. The topological polar surface area (TPSA) is 84.6 Å². The third kappa shape index (κ3) is 2.30. The smallest absolute Gasteiger partial charge is 0.407 e. The first-order valence-electron chi connectivity index (χ1n) is 6.02. The number of nitrogens with one attached hydrogen (secondary N) is 1. The summed E-state index contributed by atoms with van der Waals surface area (Å²) < 4.78 is 4.92. The second kappa shape index (κ2) is 4.31. The average molecular weight is 240 g/mol. The number of rotatable bonds is 3. The lowest BCUT2D eigenvalue weighted by Gasteiger charge is -2.54. The van der Waals surface area contributed by atoms with Crippen LogP contribution in [0, 0.1) is 0 Å². The lowest BCUT2D eigenvalue weighted by molar-refractivity contribution is -0.0425. The molecule has 96 valence electrons. The molecule has 0 aromatic carbocycles. The van der Waals surface area contributed by atoms with Gasteiger partial charge in [0.1, 0.15) is 6.61 Å². The summed E-state index contributed by atoms with van der Waals surface area (Å²) in [5.74, 6) is 0. The van der Waals surface area contributed by atoms with E-state index in [1.807, 2.05) is 0 Å². The molecule has 5 nitrogen and oxygen atoms in total. The van der Waals surface area contributed by atoms with E-state index in [-0.39, 0.29) is 12.1 Å². The molecule has 1 atom stereocenters. The van der Waals surface area contributed by atoms with E-state index in [0.717, 1.165) is 25.7 Å². The van der Waals surface area contributed by atoms with E-state index >= 15 is 0 Å². The van der Waals surface area contributed by atoms with Crippen LogP contribution in [-0.2, 0) is 4.74 Å². The largest absolute Gasteiger partial charge is 0.445 e. The first-order chi connectivity index (χ1) is 8.00. The number of amides is 1. The zero-order valence-corrected chi connectivity index (χ0v) is 9.95. The molecular weight excluding hydrogens is 220 g/mol. The standard InChI is InChI=1S/C12H20N2O3/c1-2-7-17-10(16)14-11-3-5-12(13,6-4-11)9(15)8-11/h2,9,15H,1,3-8,13H2,(H,14,16)/t9-,11?,12?/m0/s1. The van der Waals surface area contributed by atoms with Crippen molar-refractivity contribution in [3.8, 4) is 0 Å². The summed E-state index contributed by atoms with van der Waals surface area (Å²) in [6, 6.07) is 0. The molecular formula is C12H20N2O3. The number of nitrogens with two attached hydrogens (primary N) is 1. The summed E-state index contributed by atoms with van der Waals surface area (Å²) in [4.78, 5) is 11.5. The van der Waals surface area contributed by atoms with Crippen molar-refractivity contribution < 1.29 is 14.6 Å². The minimum atomic E-state index is -0.537. The van der Waals surface area contributed by atoms with Crippen molar-refractivity contribution in [1.29, 1.82) is 0 Å². The maximum Gasteiger partial charge on any atom is 0.407 e. The SMILES string of the molecule is C=CCOC(=O)NC12CCC(N)(CC1)[C@@H](O)C2. The van der Waals surface area contributed by atoms with Crippen molar-refractivity contribution in [2.45, 2.75) is 49.3 Å². The fourth-order valence-corrected chi connectivity index (χ4v) is 2.87. The molecule has 3 aliphatic rings. The van der Waals surface area contributed by atoms with Gasteiger partial charge in [0.15, 0.2) is 0 Å². The van der Waals surface area contributed by atoms with Crippen molar-refractivity contribution in [2.24, 2.45) is 5.73 Å². The lowest BCUT2D eigenvalue weighted by atomic mass is 9.60. The molecule has 0 radical (unpaired) electrons. The van der Waals surface area contributed by atoms with Crippen molar-refractivity contribution in [1.82, 2.24) is 5.32 Å². The van der Waals surface area contributed by atoms with E-state index in [1.165, 1.54) is 6.08 Å². The van der Waals surface area contributed by atoms with Crippen LogP contribution in [0.4, 0.5) is 4.79 Å². The zero-order valence-electron chi connectivity index (χ0n) is 9.95. The molecule has 0 heterocycles. The van der Waals surface area contributed by atoms with Crippen LogP contribution in [0.1, 0.15) is 32.1 Å². The minimum Gasteiger partial charge on any atom is -0.445 e. The monoisotopic (exact) mass is 240 g/mol. The quantitative estimate of drug-likeness (QED) is 0.633. The Labute approximate surface area is 101 Å². The molecule has 3 saturated carbocycles. The molecule has 3 fully saturated rings. The van der Waals surface area contributed by atoms with Crippen molar-refractivity contribution in [3.63, 3.8) is 0 Å². The van der Waals surface area contributed by atoms with E-state index in [1.54, 1.807) is 0 Å². The van der Waals surface area contributed by atoms with Gasteiger partial charge in [-0.1, -0.05) is 12.7 Å². The van der Waals surface area contributed by atoms with Crippen LogP contribution in [0.5, 0.6) is 0 Å². The predicted octanol–water partition coefficient (Wildman–Crippen LogP) is 0.673. The third-order valence-corrected chi connectivity index (χ3v) is 4.09. The van der Waals surface area contributed by atoms with Gasteiger partial charge in [-0.05, 0) is 32.1 Å². The number of aliphatic hydroxyl groups is 1. The molecule has 0 saturated heterocycles. The number of hydrogen-bond acceptors (Lipinski definition) is 4. The summed E-state index contributed by atoms with van der Waals surface area (Å²) in [7, 11) is 0. The Morgan fingerprint density at radius 2 is 2.18 bits per heavy atom. The molecule has 1 amide bonds. The number of alkyl carbamates (subject to hydrolysis) is 1. The molecule has 4 N–H and O–H groups in total. The maximum absolute atomic E-state index is 11.5. The highest BCUT2D eigenvalue weighted by atomic mass is 16.5. The second-order valence-electron chi connectivity index (χ2n) is 5.25. The van der Waals surface area contributed by atoms with Crippen LogP contribution in [0.15, 0.2) is 12.7 Å². The van der Waals surface area contributed by atoms with E-state index < -0.39 is 17.7 Å². The van der Waals surface area contributed by atoms with Gasteiger partial charge in [0.25, 0.3) is 0 Å². The van der Waals surface area contributed by atoms with E-state index in [0.29, 0.717) is 6.42 Å². The van der Waals surface area contributed by atoms with Crippen LogP contribution >= 0.6 is 0 Å². The Balaban J connectivity index is 1.97. The van der Waals surface area contributed by atoms with E-state index in [4.69, 9.17) is 10.5 Å². The molecule has 0 aromatic heterocycles. The Hall–Kier alpha value is -1.07. The van der Waals surface area contributed by atoms with Gasteiger partial charge < -0.3 is 20.9 Å². The highest BCUT2D eigenvalue weighted by molar-refractivity contribution is 5.68. The fraction of sp³-hybridized carbons (Fsp3) is 0.750. The summed E-state index contributed by atoms with van der Waals surface area (Å²) in [5.41, 5.74) is 5.32. The minimum absolute atomic E-state index is 0.200. The van der Waals surface area contributed by atoms with Gasteiger partial charge in [-0.3, -0.25) is 0 Å². The van der Waals surface area contributed by atoms with Crippen LogP contribution in [-0.4, -0.2) is 35.0 Å². The molecule has 5 heteroatoms. The van der Waals surface area contributed by atoms with Gasteiger partial charge in [-0.25, -0.2) is 4.79 Å². The zero-order chi connectivity index (χ0) is 12.5. The number of aliphatic hydroxyl groups excluding tert-OH is 1. The van der Waals surface area contributed by atoms with Gasteiger partial charge in [0.2, 0.25) is 0 Å². The Kier molecular flexibility index (Phi) is 3.14. The molecule has 0 aliphatic heterocycles. The molecule has 3 rings (SSSR count). The summed E-state index contributed by atoms with van der Waals surface area (Å²) in [6.45, 7) is 3.68. The van der Waals surface area contributed by atoms with Crippen LogP contribution in [0.3, 0.4) is 0 Å². The van der Waals surface area contributed by atoms with Gasteiger partial charge in [0, 0.05) is 11.1 Å². The number of ether oxygens (including phenoxy) is 1. The molecule has 0 unspecified atom stereocenters. The Bertz CT molecular complexity index is 322. The third-order valence-electron chi connectivity index (χ3n) is 4.09. The van der Waals surface area contributed by atoms with Gasteiger partial charge in [0.05, 0.1) is 6.10 Å². The summed E-state index contributed by atoms with van der Waals surface area (Å²) >= 11 is 0. The van der Waals surface area contributed by atoms with E-state index in [9.17, 15) is 9.90 Å². The van der Waals surface area contributed by atoms with Gasteiger partial charge in [-0.2, -0.15) is 0 Å². The first-order valence-corrected chi connectivity index (χ1v) is 6.02.